The summed E-state index contributed by atoms with van der Waals surface area (Å²) in [6.07, 6.45) is 12.4. The third kappa shape index (κ3) is 11.4. The Balaban J connectivity index is 2.95. The molecule has 0 aromatic rings. The normalized spacial score (nSPS) is 10.3. The predicted octanol–water partition coefficient (Wildman–Crippen LogP) is 3.71. The number of rotatable bonds is 10. The Bertz CT molecular complexity index is 143. The van der Waals surface area contributed by atoms with E-state index in [9.17, 15) is 4.79 Å². The number of esters is 1. The third-order valence-electron chi connectivity index (χ3n) is 2.47. The van der Waals surface area contributed by atoms with Crippen LogP contribution in [0.4, 0.5) is 0 Å². The first-order valence-electron chi connectivity index (χ1n) is 6.01. The van der Waals surface area contributed by atoms with Crippen molar-refractivity contribution in [3.8, 4) is 0 Å². The SMILES string of the molecule is [CH2]CCCCCCCCC[CH]C(=O)OC. The van der Waals surface area contributed by atoms with E-state index in [-0.39, 0.29) is 5.97 Å². The smallest absolute Gasteiger partial charge is 0.309 e. The lowest BCUT2D eigenvalue weighted by molar-refractivity contribution is -0.136. The maximum absolute atomic E-state index is 10.7. The van der Waals surface area contributed by atoms with Crippen LogP contribution in [0.15, 0.2) is 0 Å². The highest BCUT2D eigenvalue weighted by Crippen LogP contribution is 2.10. The Morgan fingerprint density at radius 2 is 1.60 bits per heavy atom. The van der Waals surface area contributed by atoms with Crippen LogP contribution in [0.5, 0.6) is 0 Å². The van der Waals surface area contributed by atoms with Gasteiger partial charge in [-0.1, -0.05) is 58.3 Å². The zero-order valence-corrected chi connectivity index (χ0v) is 9.96. The third-order valence-corrected chi connectivity index (χ3v) is 2.47. The summed E-state index contributed by atoms with van der Waals surface area (Å²) in [5.74, 6) is -0.203. The largest absolute Gasteiger partial charge is 0.469 e. The van der Waals surface area contributed by atoms with Crippen molar-refractivity contribution < 1.29 is 9.53 Å². The van der Waals surface area contributed by atoms with Crippen molar-refractivity contribution >= 4 is 5.97 Å². The van der Waals surface area contributed by atoms with Crippen LogP contribution in [-0.4, -0.2) is 13.1 Å². The van der Waals surface area contributed by atoms with E-state index in [1.54, 1.807) is 6.42 Å². The van der Waals surface area contributed by atoms with Gasteiger partial charge in [0.1, 0.15) is 0 Å². The predicted molar refractivity (Wildman–Crippen MR) is 63.2 cm³/mol. The number of unbranched alkanes of at least 4 members (excludes halogenated alkanes) is 8. The van der Waals surface area contributed by atoms with E-state index in [1.165, 1.54) is 45.6 Å². The fourth-order valence-corrected chi connectivity index (χ4v) is 1.51. The molecule has 0 saturated heterocycles. The monoisotopic (exact) mass is 212 g/mol. The maximum atomic E-state index is 10.7. The van der Waals surface area contributed by atoms with Crippen LogP contribution in [0.1, 0.15) is 57.8 Å². The van der Waals surface area contributed by atoms with Gasteiger partial charge in [-0.25, -0.2) is 0 Å². The molecule has 0 heterocycles. The number of methoxy groups -OCH3 is 1. The highest BCUT2D eigenvalue weighted by Gasteiger charge is 1.99. The molecule has 0 amide bonds. The number of hydrogen-bond donors (Lipinski definition) is 0. The lowest BCUT2D eigenvalue weighted by Gasteiger charge is -2.01. The highest BCUT2D eigenvalue weighted by atomic mass is 16.5. The van der Waals surface area contributed by atoms with Crippen LogP contribution in [0.3, 0.4) is 0 Å². The molecule has 0 N–H and O–H groups in total. The second-order valence-electron chi connectivity index (χ2n) is 3.84. The average Bonchev–Trinajstić information content (AvgIpc) is 2.26. The van der Waals surface area contributed by atoms with Crippen LogP contribution in [0.25, 0.3) is 0 Å². The standard InChI is InChI=1S/C13H24O2/c1-3-4-5-6-7-8-9-10-11-12-13(14)15-2/h12H,1,3-11H2,2H3. The fourth-order valence-electron chi connectivity index (χ4n) is 1.51. The first kappa shape index (κ1) is 14.5. The van der Waals surface area contributed by atoms with Crippen molar-refractivity contribution in [2.45, 2.75) is 57.8 Å². The summed E-state index contributed by atoms with van der Waals surface area (Å²) < 4.78 is 4.52. The fraction of sp³-hybridized carbons (Fsp3) is 0.769. The summed E-state index contributed by atoms with van der Waals surface area (Å²) in [6, 6.07) is 0. The van der Waals surface area contributed by atoms with Gasteiger partial charge in [-0.3, -0.25) is 4.79 Å². The Labute approximate surface area is 94.4 Å². The van der Waals surface area contributed by atoms with Gasteiger partial charge in [0.05, 0.1) is 13.5 Å². The van der Waals surface area contributed by atoms with Crippen LogP contribution >= 0.6 is 0 Å². The zero-order valence-electron chi connectivity index (χ0n) is 9.96. The van der Waals surface area contributed by atoms with Crippen molar-refractivity contribution in [1.29, 1.82) is 0 Å². The topological polar surface area (TPSA) is 26.3 Å². The first-order valence-corrected chi connectivity index (χ1v) is 6.01. The lowest BCUT2D eigenvalue weighted by atomic mass is 10.1. The molecular formula is C13H24O2. The van der Waals surface area contributed by atoms with Crippen molar-refractivity contribution in [3.63, 3.8) is 0 Å². The van der Waals surface area contributed by atoms with E-state index in [0.29, 0.717) is 0 Å². The molecule has 2 nitrogen and oxygen atoms in total. The van der Waals surface area contributed by atoms with Crippen molar-refractivity contribution in [1.82, 2.24) is 0 Å². The molecule has 0 aliphatic carbocycles. The molecule has 0 aliphatic heterocycles. The van der Waals surface area contributed by atoms with Gasteiger partial charge < -0.3 is 4.74 Å². The van der Waals surface area contributed by atoms with Gasteiger partial charge in [0, 0.05) is 0 Å². The van der Waals surface area contributed by atoms with Gasteiger partial charge in [-0.05, 0) is 6.42 Å². The second kappa shape index (κ2) is 11.5. The minimum Gasteiger partial charge on any atom is -0.469 e. The highest BCUT2D eigenvalue weighted by molar-refractivity contribution is 5.78. The molecule has 0 atom stereocenters. The summed E-state index contributed by atoms with van der Waals surface area (Å²) in [5, 5.41) is 0. The quantitative estimate of drug-likeness (QED) is 0.407. The zero-order chi connectivity index (χ0) is 11.4. The number of hydrogen-bond acceptors (Lipinski definition) is 2. The molecule has 2 heteroatoms. The average molecular weight is 212 g/mol. The Kier molecular flexibility index (Phi) is 11.1. The van der Waals surface area contributed by atoms with Crippen LogP contribution in [0.2, 0.25) is 0 Å². The molecule has 0 saturated carbocycles. The van der Waals surface area contributed by atoms with E-state index < -0.39 is 0 Å². The molecule has 0 aliphatic rings. The van der Waals surface area contributed by atoms with Gasteiger partial charge in [0.2, 0.25) is 0 Å². The van der Waals surface area contributed by atoms with Gasteiger partial charge in [-0.15, -0.1) is 0 Å². The van der Waals surface area contributed by atoms with Crippen molar-refractivity contribution in [3.05, 3.63) is 13.3 Å². The minimum absolute atomic E-state index is 0.203. The van der Waals surface area contributed by atoms with Gasteiger partial charge in [-0.2, -0.15) is 0 Å². The molecule has 0 fully saturated rings. The number of carbonyl (C=O) groups excluding carboxylic acids is 1. The summed E-state index contributed by atoms with van der Waals surface area (Å²) >= 11 is 0. The van der Waals surface area contributed by atoms with Crippen molar-refractivity contribution in [2.75, 3.05) is 7.11 Å². The lowest BCUT2D eigenvalue weighted by Crippen LogP contribution is -2.00. The summed E-state index contributed by atoms with van der Waals surface area (Å²) in [7, 11) is 1.42. The van der Waals surface area contributed by atoms with Crippen LogP contribution in [0, 0.1) is 13.3 Å². The van der Waals surface area contributed by atoms with E-state index in [2.05, 4.69) is 11.7 Å². The molecule has 0 unspecified atom stereocenters. The second-order valence-corrected chi connectivity index (χ2v) is 3.84. The van der Waals surface area contributed by atoms with Crippen LogP contribution < -0.4 is 0 Å². The molecule has 15 heavy (non-hydrogen) atoms. The van der Waals surface area contributed by atoms with Crippen molar-refractivity contribution in [2.24, 2.45) is 0 Å². The minimum atomic E-state index is -0.203. The molecule has 0 rings (SSSR count). The molecule has 0 bridgehead atoms. The van der Waals surface area contributed by atoms with Gasteiger partial charge >= 0.3 is 5.97 Å². The maximum Gasteiger partial charge on any atom is 0.309 e. The molecule has 0 spiro atoms. The Morgan fingerprint density at radius 1 is 1.07 bits per heavy atom. The summed E-state index contributed by atoms with van der Waals surface area (Å²) in [5.41, 5.74) is 0. The number of carbonyl (C=O) groups is 1. The Morgan fingerprint density at radius 3 is 2.13 bits per heavy atom. The molecule has 88 valence electrons. The van der Waals surface area contributed by atoms with Crippen LogP contribution in [-0.2, 0) is 9.53 Å². The summed E-state index contributed by atoms with van der Waals surface area (Å²) in [6.45, 7) is 3.82. The molecule has 0 aromatic carbocycles. The number of ether oxygens (including phenoxy) is 1. The van der Waals surface area contributed by atoms with Gasteiger partial charge in [0.25, 0.3) is 0 Å². The van der Waals surface area contributed by atoms with E-state index in [1.807, 2.05) is 0 Å². The first-order chi connectivity index (χ1) is 7.31. The molecule has 2 radical (unpaired) electrons. The molecule has 0 aromatic heterocycles. The van der Waals surface area contributed by atoms with E-state index in [4.69, 9.17) is 0 Å². The molecular weight excluding hydrogens is 188 g/mol. The summed E-state index contributed by atoms with van der Waals surface area (Å²) in [4.78, 5) is 10.7. The van der Waals surface area contributed by atoms with E-state index in [0.717, 1.165) is 19.3 Å². The Hall–Kier alpha value is -0.530. The van der Waals surface area contributed by atoms with Gasteiger partial charge in [0.15, 0.2) is 0 Å². The van der Waals surface area contributed by atoms with E-state index >= 15 is 0 Å².